The predicted octanol–water partition coefficient (Wildman–Crippen LogP) is 0.926. The number of rotatable bonds is 2. The standard InChI is InChI=1S/C7H9NO.C6H13N3/c1-9-7-4-2-6(8)3-5-7;1-5-9(4)6(7)8(2)3/h2-5H,8H2,1H3;5,7H,1H2,2-4H3/p+1. The summed E-state index contributed by atoms with van der Waals surface area (Å²) in [6, 6.07) is 7.27. The molecule has 0 amide bonds. The third-order valence-electron chi connectivity index (χ3n) is 2.21. The van der Waals surface area contributed by atoms with Crippen LogP contribution in [-0.4, -0.2) is 43.7 Å². The minimum atomic E-state index is 0.685. The van der Waals surface area contributed by atoms with E-state index >= 15 is 0 Å². The number of ether oxygens (including phenoxy) is 1. The topological polar surface area (TPSA) is 67.5 Å². The zero-order valence-electron chi connectivity index (χ0n) is 11.6. The van der Waals surface area contributed by atoms with Crippen molar-refractivity contribution < 1.29 is 9.31 Å². The van der Waals surface area contributed by atoms with Crippen LogP contribution in [0, 0.1) is 0 Å². The van der Waals surface area contributed by atoms with Crippen molar-refractivity contribution in [2.75, 3.05) is 34.0 Å². The van der Waals surface area contributed by atoms with Crippen molar-refractivity contribution >= 4 is 11.6 Å². The van der Waals surface area contributed by atoms with E-state index in [1.54, 1.807) is 30.3 Å². The van der Waals surface area contributed by atoms with Gasteiger partial charge in [0, 0.05) is 5.69 Å². The van der Waals surface area contributed by atoms with Gasteiger partial charge in [-0.1, -0.05) is 6.58 Å². The second kappa shape index (κ2) is 8.00. The summed E-state index contributed by atoms with van der Waals surface area (Å²) in [4.78, 5) is 1.75. The molecule has 1 rings (SSSR count). The first kappa shape index (κ1) is 15.8. The van der Waals surface area contributed by atoms with Crippen molar-refractivity contribution in [3.63, 3.8) is 0 Å². The zero-order chi connectivity index (χ0) is 14.1. The van der Waals surface area contributed by atoms with Gasteiger partial charge in [-0.3, -0.25) is 10.3 Å². The molecule has 18 heavy (non-hydrogen) atoms. The number of nitrogens with two attached hydrogens (primary N) is 2. The molecule has 0 aliphatic heterocycles. The van der Waals surface area contributed by atoms with Crippen LogP contribution in [0.25, 0.3) is 0 Å². The van der Waals surface area contributed by atoms with Gasteiger partial charge < -0.3 is 10.5 Å². The number of nitrogen functional groups attached to an aromatic ring is 1. The molecule has 0 radical (unpaired) electrons. The SMILES string of the molecule is C=CN(C)C(N)=[N+](C)C.COc1ccc(N)cc1. The van der Waals surface area contributed by atoms with E-state index in [2.05, 4.69) is 6.58 Å². The van der Waals surface area contributed by atoms with Crippen molar-refractivity contribution in [2.45, 2.75) is 0 Å². The van der Waals surface area contributed by atoms with Crippen LogP contribution in [0.2, 0.25) is 0 Å². The molecule has 5 heteroatoms. The van der Waals surface area contributed by atoms with Crippen LogP contribution in [0.1, 0.15) is 0 Å². The Balaban J connectivity index is 0.000000321. The van der Waals surface area contributed by atoms with E-state index in [-0.39, 0.29) is 0 Å². The van der Waals surface area contributed by atoms with Crippen LogP contribution < -0.4 is 16.2 Å². The van der Waals surface area contributed by atoms with Gasteiger partial charge in [-0.05, 0) is 24.3 Å². The van der Waals surface area contributed by atoms with Gasteiger partial charge in [-0.2, -0.15) is 0 Å². The lowest BCUT2D eigenvalue weighted by molar-refractivity contribution is -0.470. The maximum atomic E-state index is 5.57. The summed E-state index contributed by atoms with van der Waals surface area (Å²) < 4.78 is 6.73. The largest absolute Gasteiger partial charge is 0.497 e. The van der Waals surface area contributed by atoms with E-state index in [0.717, 1.165) is 11.4 Å². The minimum Gasteiger partial charge on any atom is -0.497 e. The Morgan fingerprint density at radius 1 is 1.33 bits per heavy atom. The van der Waals surface area contributed by atoms with E-state index in [0.29, 0.717) is 5.96 Å². The Kier molecular flexibility index (Phi) is 7.04. The monoisotopic (exact) mass is 251 g/mol. The molecule has 0 spiro atoms. The van der Waals surface area contributed by atoms with E-state index in [4.69, 9.17) is 16.2 Å². The molecular weight excluding hydrogens is 228 g/mol. The molecule has 100 valence electrons. The second-order valence-corrected chi connectivity index (χ2v) is 3.82. The van der Waals surface area contributed by atoms with Crippen molar-refractivity contribution in [3.05, 3.63) is 37.0 Å². The smallest absolute Gasteiger partial charge is 0.349 e. The highest BCUT2D eigenvalue weighted by Crippen LogP contribution is 2.11. The van der Waals surface area contributed by atoms with Crippen molar-refractivity contribution in [1.82, 2.24) is 4.90 Å². The zero-order valence-corrected chi connectivity index (χ0v) is 11.6. The summed E-state index contributed by atoms with van der Waals surface area (Å²) in [7, 11) is 7.25. The molecule has 0 fully saturated rings. The molecule has 0 heterocycles. The fraction of sp³-hybridized carbons (Fsp3) is 0.308. The maximum Gasteiger partial charge on any atom is 0.349 e. The molecule has 0 saturated heterocycles. The first-order valence-corrected chi connectivity index (χ1v) is 5.47. The number of hydrogen-bond donors (Lipinski definition) is 2. The Labute approximate surface area is 109 Å². The molecule has 0 aliphatic carbocycles. The van der Waals surface area contributed by atoms with Crippen LogP contribution in [0.3, 0.4) is 0 Å². The third kappa shape index (κ3) is 5.79. The molecule has 0 aromatic heterocycles. The average Bonchev–Trinajstić information content (AvgIpc) is 2.38. The molecule has 1 aromatic rings. The van der Waals surface area contributed by atoms with Crippen molar-refractivity contribution in [1.29, 1.82) is 0 Å². The Hall–Kier alpha value is -2.17. The van der Waals surface area contributed by atoms with Crippen molar-refractivity contribution in [2.24, 2.45) is 5.73 Å². The van der Waals surface area contributed by atoms with E-state index in [1.165, 1.54) is 0 Å². The Morgan fingerprint density at radius 2 is 1.83 bits per heavy atom. The van der Waals surface area contributed by atoms with Gasteiger partial charge in [-0.15, -0.1) is 0 Å². The highest BCUT2D eigenvalue weighted by molar-refractivity contribution is 5.73. The lowest BCUT2D eigenvalue weighted by Gasteiger charge is -2.06. The van der Waals surface area contributed by atoms with Crippen LogP contribution in [0.4, 0.5) is 5.69 Å². The summed E-state index contributed by atoms with van der Waals surface area (Å²) >= 11 is 0. The van der Waals surface area contributed by atoms with Gasteiger partial charge in [-0.25, -0.2) is 4.90 Å². The van der Waals surface area contributed by atoms with E-state index < -0.39 is 0 Å². The van der Waals surface area contributed by atoms with Crippen molar-refractivity contribution in [3.8, 4) is 5.75 Å². The second-order valence-electron chi connectivity index (χ2n) is 3.82. The lowest BCUT2D eigenvalue weighted by Crippen LogP contribution is -2.36. The van der Waals surface area contributed by atoms with Crippen LogP contribution in [0.15, 0.2) is 37.0 Å². The fourth-order valence-corrected chi connectivity index (χ4v) is 1.01. The Morgan fingerprint density at radius 3 is 2.11 bits per heavy atom. The summed E-state index contributed by atoms with van der Waals surface area (Å²) in [6.45, 7) is 3.56. The minimum absolute atomic E-state index is 0.685. The first-order valence-electron chi connectivity index (χ1n) is 5.47. The predicted molar refractivity (Wildman–Crippen MR) is 76.7 cm³/mol. The molecule has 0 aliphatic rings. The molecule has 0 unspecified atom stereocenters. The van der Waals surface area contributed by atoms with E-state index in [9.17, 15) is 0 Å². The average molecular weight is 251 g/mol. The normalized spacial score (nSPS) is 8.67. The number of guanidine groups is 1. The van der Waals surface area contributed by atoms with Gasteiger partial charge >= 0.3 is 5.96 Å². The van der Waals surface area contributed by atoms with Gasteiger partial charge in [0.15, 0.2) is 0 Å². The number of methoxy groups -OCH3 is 1. The van der Waals surface area contributed by atoms with Gasteiger partial charge in [0.2, 0.25) is 0 Å². The molecule has 0 atom stereocenters. The van der Waals surface area contributed by atoms with Crippen LogP contribution >= 0.6 is 0 Å². The first-order chi connectivity index (χ1) is 8.42. The fourth-order valence-electron chi connectivity index (χ4n) is 1.01. The summed E-state index contributed by atoms with van der Waals surface area (Å²) in [6.07, 6.45) is 1.66. The number of nitrogens with zero attached hydrogens (tertiary/aromatic N) is 2. The maximum absolute atomic E-state index is 5.57. The number of benzene rings is 1. The van der Waals surface area contributed by atoms with Gasteiger partial charge in [0.1, 0.15) is 5.75 Å². The van der Waals surface area contributed by atoms with Crippen LogP contribution in [-0.2, 0) is 0 Å². The molecule has 0 saturated carbocycles. The quantitative estimate of drug-likeness (QED) is 0.355. The number of anilines is 1. The third-order valence-corrected chi connectivity index (χ3v) is 2.21. The van der Waals surface area contributed by atoms with Gasteiger partial charge in [0.25, 0.3) is 0 Å². The lowest BCUT2D eigenvalue weighted by atomic mass is 10.3. The molecule has 0 bridgehead atoms. The Bertz CT molecular complexity index is 394. The molecular formula is C13H23N4O+. The number of hydrogen-bond acceptors (Lipinski definition) is 2. The van der Waals surface area contributed by atoms with E-state index in [1.807, 2.05) is 37.9 Å². The molecule has 5 nitrogen and oxygen atoms in total. The summed E-state index contributed by atoms with van der Waals surface area (Å²) in [5.41, 5.74) is 11.8. The highest BCUT2D eigenvalue weighted by atomic mass is 16.5. The molecule has 4 N–H and O–H groups in total. The van der Waals surface area contributed by atoms with Gasteiger partial charge in [0.05, 0.1) is 34.5 Å². The van der Waals surface area contributed by atoms with Crippen LogP contribution in [0.5, 0.6) is 5.75 Å². The highest BCUT2D eigenvalue weighted by Gasteiger charge is 2.03. The summed E-state index contributed by atoms with van der Waals surface area (Å²) in [5, 5.41) is 0. The molecule has 1 aromatic carbocycles. The summed E-state index contributed by atoms with van der Waals surface area (Å²) in [5.74, 6) is 1.52.